The van der Waals surface area contributed by atoms with Crippen molar-refractivity contribution in [1.29, 1.82) is 0 Å². The Labute approximate surface area is 144 Å². The molecule has 128 valence electrons. The third-order valence-corrected chi connectivity index (χ3v) is 3.81. The van der Waals surface area contributed by atoms with Crippen LogP contribution in [0.5, 0.6) is 0 Å². The van der Waals surface area contributed by atoms with Gasteiger partial charge in [0, 0.05) is 19.7 Å². The van der Waals surface area contributed by atoms with Crippen molar-refractivity contribution in [2.75, 3.05) is 12.8 Å². The Morgan fingerprint density at radius 2 is 2.00 bits per heavy atom. The van der Waals surface area contributed by atoms with Crippen LogP contribution >= 0.6 is 0 Å². The van der Waals surface area contributed by atoms with Crippen molar-refractivity contribution < 1.29 is 9.13 Å². The quantitative estimate of drug-likeness (QED) is 0.726. The second-order valence-corrected chi connectivity index (χ2v) is 6.07. The number of fused-ring (bicyclic) bond motifs is 1. The highest BCUT2D eigenvalue weighted by Gasteiger charge is 2.16. The number of aryl methyl sites for hydroxylation is 1. The van der Waals surface area contributed by atoms with Crippen LogP contribution in [0.1, 0.15) is 19.7 Å². The van der Waals surface area contributed by atoms with Crippen LogP contribution in [0, 0.1) is 17.7 Å². The van der Waals surface area contributed by atoms with Gasteiger partial charge in [-0.3, -0.25) is 0 Å². The van der Waals surface area contributed by atoms with Gasteiger partial charge in [0.25, 0.3) is 0 Å². The molecule has 0 aliphatic rings. The smallest absolute Gasteiger partial charge is 0.209 e. The molecule has 3 rings (SSSR count). The first-order valence-electron chi connectivity index (χ1n) is 7.65. The van der Waals surface area contributed by atoms with Crippen molar-refractivity contribution >= 4 is 17.0 Å². The molecule has 2 aromatic heterocycles. The predicted octanol–water partition coefficient (Wildman–Crippen LogP) is 2.53. The summed E-state index contributed by atoms with van der Waals surface area (Å²) in [4.78, 5) is 13.1. The monoisotopic (exact) mass is 339 g/mol. The molecule has 0 aliphatic carbocycles. The molecule has 1 aromatic carbocycles. The number of anilines is 1. The van der Waals surface area contributed by atoms with Gasteiger partial charge in [0.2, 0.25) is 5.82 Å². The maximum atomic E-state index is 13.5. The van der Waals surface area contributed by atoms with Gasteiger partial charge in [-0.05, 0) is 31.9 Å². The van der Waals surface area contributed by atoms with Gasteiger partial charge in [-0.15, -0.1) is 0 Å². The standard InChI is InChI=1S/C18H18FN5O/c1-18(2,25-4)9-8-13-21-15(20)14-17(22-13)24(3)16(23-14)11-6-5-7-12(19)10-11/h5-7,10H,1-4H3,(H2,20,21,22). The molecule has 0 saturated carbocycles. The molecule has 0 aliphatic heterocycles. The molecule has 0 bridgehead atoms. The number of hydrogen-bond donors (Lipinski definition) is 1. The van der Waals surface area contributed by atoms with Gasteiger partial charge in [-0.25, -0.2) is 19.3 Å². The molecule has 0 spiro atoms. The number of hydrogen-bond acceptors (Lipinski definition) is 5. The molecule has 25 heavy (non-hydrogen) atoms. The highest BCUT2D eigenvalue weighted by Crippen LogP contribution is 2.25. The number of rotatable bonds is 2. The molecular weight excluding hydrogens is 321 g/mol. The highest BCUT2D eigenvalue weighted by molar-refractivity contribution is 5.85. The fourth-order valence-electron chi connectivity index (χ4n) is 2.28. The number of aromatic nitrogens is 4. The van der Waals surface area contributed by atoms with Gasteiger partial charge in [0.05, 0.1) is 0 Å². The average molecular weight is 339 g/mol. The molecule has 7 heteroatoms. The number of nitrogens with two attached hydrogens (primary N) is 1. The molecule has 0 saturated heterocycles. The van der Waals surface area contributed by atoms with Gasteiger partial charge in [0.1, 0.15) is 17.2 Å². The zero-order chi connectivity index (χ0) is 18.2. The van der Waals surface area contributed by atoms with Crippen LogP contribution in [0.2, 0.25) is 0 Å². The lowest BCUT2D eigenvalue weighted by Crippen LogP contribution is -2.19. The summed E-state index contributed by atoms with van der Waals surface area (Å²) in [6.07, 6.45) is 0. The van der Waals surface area contributed by atoms with E-state index in [4.69, 9.17) is 10.5 Å². The van der Waals surface area contributed by atoms with E-state index < -0.39 is 5.60 Å². The van der Waals surface area contributed by atoms with E-state index in [1.807, 2.05) is 13.8 Å². The van der Waals surface area contributed by atoms with Crippen molar-refractivity contribution in [1.82, 2.24) is 19.5 Å². The van der Waals surface area contributed by atoms with E-state index in [9.17, 15) is 4.39 Å². The minimum absolute atomic E-state index is 0.225. The van der Waals surface area contributed by atoms with E-state index in [0.717, 1.165) is 0 Å². The van der Waals surface area contributed by atoms with Gasteiger partial charge in [-0.1, -0.05) is 18.1 Å². The zero-order valence-corrected chi connectivity index (χ0v) is 14.5. The Morgan fingerprint density at radius 3 is 2.68 bits per heavy atom. The van der Waals surface area contributed by atoms with Crippen molar-refractivity contribution in [3.63, 3.8) is 0 Å². The largest absolute Gasteiger partial charge is 0.382 e. The van der Waals surface area contributed by atoms with Crippen LogP contribution in [0.25, 0.3) is 22.6 Å². The number of nitrogens with zero attached hydrogens (tertiary/aromatic N) is 4. The lowest BCUT2D eigenvalue weighted by molar-refractivity contribution is 0.0741. The number of imidazole rings is 1. The van der Waals surface area contributed by atoms with E-state index in [-0.39, 0.29) is 17.5 Å². The van der Waals surface area contributed by atoms with E-state index in [1.165, 1.54) is 12.1 Å². The molecular formula is C18H18FN5O. The highest BCUT2D eigenvalue weighted by atomic mass is 19.1. The summed E-state index contributed by atoms with van der Waals surface area (Å²) >= 11 is 0. The van der Waals surface area contributed by atoms with Gasteiger partial charge >= 0.3 is 0 Å². The molecule has 0 amide bonds. The van der Waals surface area contributed by atoms with Gasteiger partial charge in [0.15, 0.2) is 17.0 Å². The van der Waals surface area contributed by atoms with Crippen LogP contribution < -0.4 is 5.73 Å². The fourth-order valence-corrected chi connectivity index (χ4v) is 2.28. The summed E-state index contributed by atoms with van der Waals surface area (Å²) < 4.78 is 20.5. The minimum Gasteiger partial charge on any atom is -0.382 e. The molecule has 2 heterocycles. The number of methoxy groups -OCH3 is 1. The lowest BCUT2D eigenvalue weighted by atomic mass is 10.1. The van der Waals surface area contributed by atoms with E-state index in [1.54, 1.807) is 30.9 Å². The summed E-state index contributed by atoms with van der Waals surface area (Å²) in [7, 11) is 3.37. The van der Waals surface area contributed by atoms with Crippen LogP contribution in [0.4, 0.5) is 10.2 Å². The maximum absolute atomic E-state index is 13.5. The first-order chi connectivity index (χ1) is 11.8. The summed E-state index contributed by atoms with van der Waals surface area (Å²) in [6.45, 7) is 3.68. The number of nitrogen functional groups attached to an aromatic ring is 1. The topological polar surface area (TPSA) is 78.9 Å². The third kappa shape index (κ3) is 3.30. The Kier molecular flexibility index (Phi) is 4.15. The predicted molar refractivity (Wildman–Crippen MR) is 94.1 cm³/mol. The Morgan fingerprint density at radius 1 is 1.24 bits per heavy atom. The Hall–Kier alpha value is -2.98. The number of ether oxygens (including phenoxy) is 1. The van der Waals surface area contributed by atoms with E-state index >= 15 is 0 Å². The second-order valence-electron chi connectivity index (χ2n) is 6.07. The summed E-state index contributed by atoms with van der Waals surface area (Å²) in [6, 6.07) is 6.19. The van der Waals surface area contributed by atoms with Crippen molar-refractivity contribution in [2.45, 2.75) is 19.4 Å². The average Bonchev–Trinajstić information content (AvgIpc) is 2.91. The molecule has 6 nitrogen and oxygen atoms in total. The molecule has 0 fully saturated rings. The van der Waals surface area contributed by atoms with Crippen LogP contribution in [-0.4, -0.2) is 32.2 Å². The number of halogens is 1. The van der Waals surface area contributed by atoms with Crippen LogP contribution in [0.3, 0.4) is 0 Å². The summed E-state index contributed by atoms with van der Waals surface area (Å²) in [5.41, 5.74) is 7.02. The van der Waals surface area contributed by atoms with Crippen LogP contribution in [0.15, 0.2) is 24.3 Å². The van der Waals surface area contributed by atoms with Crippen molar-refractivity contribution in [2.24, 2.45) is 7.05 Å². The van der Waals surface area contributed by atoms with Gasteiger partial charge in [-0.2, -0.15) is 0 Å². The Balaban J connectivity index is 2.14. The molecule has 0 radical (unpaired) electrons. The minimum atomic E-state index is -0.619. The normalized spacial score (nSPS) is 11.4. The third-order valence-electron chi connectivity index (χ3n) is 3.81. The zero-order valence-electron chi connectivity index (χ0n) is 14.5. The summed E-state index contributed by atoms with van der Waals surface area (Å²) in [5, 5.41) is 0. The summed E-state index contributed by atoms with van der Waals surface area (Å²) in [5.74, 6) is 6.55. The van der Waals surface area contributed by atoms with Crippen molar-refractivity contribution in [3.8, 4) is 23.2 Å². The SMILES string of the molecule is COC(C)(C)C#Cc1nc(N)c2nc(-c3cccc(F)c3)n(C)c2n1. The van der Waals surface area contributed by atoms with Gasteiger partial charge < -0.3 is 15.0 Å². The fraction of sp³-hybridized carbons (Fsp3) is 0.278. The second kappa shape index (κ2) is 6.15. The Bertz CT molecular complexity index is 1010. The maximum Gasteiger partial charge on any atom is 0.209 e. The molecule has 0 atom stereocenters. The molecule has 2 N–H and O–H groups in total. The first-order valence-corrected chi connectivity index (χ1v) is 7.65. The van der Waals surface area contributed by atoms with E-state index in [0.29, 0.717) is 22.6 Å². The lowest BCUT2D eigenvalue weighted by Gasteiger charge is -2.13. The number of benzene rings is 1. The first kappa shape index (κ1) is 16.9. The molecule has 3 aromatic rings. The van der Waals surface area contributed by atoms with Crippen LogP contribution in [-0.2, 0) is 11.8 Å². The molecule has 0 unspecified atom stereocenters. The van der Waals surface area contributed by atoms with E-state index in [2.05, 4.69) is 26.8 Å². The van der Waals surface area contributed by atoms with Crippen molar-refractivity contribution in [3.05, 3.63) is 35.9 Å².